The molecule has 3 unspecified atom stereocenters. The molecule has 1 amide bonds. The van der Waals surface area contributed by atoms with Gasteiger partial charge >= 0.3 is 6.09 Å². The van der Waals surface area contributed by atoms with Crippen LogP contribution < -0.4 is 5.32 Å². The molecule has 21 heavy (non-hydrogen) atoms. The van der Waals surface area contributed by atoms with Gasteiger partial charge in [-0.15, -0.1) is 0 Å². The Morgan fingerprint density at radius 1 is 1.43 bits per heavy atom. The van der Waals surface area contributed by atoms with Crippen LogP contribution in [-0.2, 0) is 9.47 Å². The Labute approximate surface area is 129 Å². The van der Waals surface area contributed by atoms with E-state index in [2.05, 4.69) is 12.2 Å². The third-order valence-electron chi connectivity index (χ3n) is 4.11. The van der Waals surface area contributed by atoms with Crippen molar-refractivity contribution in [3.05, 3.63) is 0 Å². The molecule has 3 atom stereocenters. The van der Waals surface area contributed by atoms with E-state index in [0.717, 1.165) is 32.5 Å². The summed E-state index contributed by atoms with van der Waals surface area (Å²) in [5.41, 5.74) is -0.427. The Balaban J connectivity index is 2.53. The van der Waals surface area contributed by atoms with Crippen LogP contribution in [-0.4, -0.2) is 56.5 Å². The predicted molar refractivity (Wildman–Crippen MR) is 84.4 cm³/mol. The van der Waals surface area contributed by atoms with E-state index in [0.29, 0.717) is 17.9 Å². The molecule has 124 valence electrons. The van der Waals surface area contributed by atoms with Gasteiger partial charge in [0.05, 0.1) is 0 Å². The Bertz CT molecular complexity index is 328. The van der Waals surface area contributed by atoms with Crippen LogP contribution in [0.5, 0.6) is 0 Å². The standard InChI is InChI=1S/C16H32N2O3/c1-12(8-10-20-6)14(17-5)13-7-9-18(11-13)15(19)21-16(2,3)4/h12-14,17H,7-11H2,1-6H3. The molecule has 0 aromatic heterocycles. The predicted octanol–water partition coefficient (Wildman–Crippen LogP) is 2.50. The molecule has 1 rings (SSSR count). The zero-order valence-corrected chi connectivity index (χ0v) is 14.4. The van der Waals surface area contributed by atoms with Gasteiger partial charge in [-0.2, -0.15) is 0 Å². The van der Waals surface area contributed by atoms with Crippen LogP contribution >= 0.6 is 0 Å². The summed E-state index contributed by atoms with van der Waals surface area (Å²) in [4.78, 5) is 14.0. The molecule has 1 heterocycles. The van der Waals surface area contributed by atoms with Crippen molar-refractivity contribution >= 4 is 6.09 Å². The van der Waals surface area contributed by atoms with E-state index in [1.807, 2.05) is 32.7 Å². The van der Waals surface area contributed by atoms with Crippen LogP contribution in [0.4, 0.5) is 4.79 Å². The smallest absolute Gasteiger partial charge is 0.410 e. The number of carbonyl (C=O) groups excluding carboxylic acids is 1. The van der Waals surface area contributed by atoms with E-state index >= 15 is 0 Å². The Morgan fingerprint density at radius 2 is 2.10 bits per heavy atom. The van der Waals surface area contributed by atoms with E-state index in [1.165, 1.54) is 0 Å². The summed E-state index contributed by atoms with van der Waals surface area (Å²) in [5, 5.41) is 3.43. The monoisotopic (exact) mass is 300 g/mol. The number of amides is 1. The van der Waals surface area contributed by atoms with Gasteiger partial charge in [0.1, 0.15) is 5.60 Å². The Morgan fingerprint density at radius 3 is 2.62 bits per heavy atom. The van der Waals surface area contributed by atoms with E-state index < -0.39 is 5.60 Å². The van der Waals surface area contributed by atoms with Gasteiger partial charge in [0.2, 0.25) is 0 Å². The number of hydrogen-bond acceptors (Lipinski definition) is 4. The zero-order chi connectivity index (χ0) is 16.0. The summed E-state index contributed by atoms with van der Waals surface area (Å²) in [5.74, 6) is 1.01. The number of hydrogen-bond donors (Lipinski definition) is 1. The first-order valence-electron chi connectivity index (χ1n) is 7.92. The maximum atomic E-state index is 12.1. The molecule has 1 aliphatic rings. The topological polar surface area (TPSA) is 50.8 Å². The normalized spacial score (nSPS) is 22.2. The highest BCUT2D eigenvalue weighted by molar-refractivity contribution is 5.68. The van der Waals surface area contributed by atoms with E-state index in [-0.39, 0.29) is 6.09 Å². The van der Waals surface area contributed by atoms with Crippen molar-refractivity contribution in [3.8, 4) is 0 Å². The molecule has 0 saturated carbocycles. The SMILES string of the molecule is CNC(C(C)CCOC)C1CCN(C(=O)OC(C)(C)C)C1. The first-order chi connectivity index (χ1) is 9.78. The summed E-state index contributed by atoms with van der Waals surface area (Å²) in [6.07, 6.45) is 1.87. The number of ether oxygens (including phenoxy) is 2. The lowest BCUT2D eigenvalue weighted by molar-refractivity contribution is 0.0282. The van der Waals surface area contributed by atoms with Crippen LogP contribution in [0.25, 0.3) is 0 Å². The Kier molecular flexibility index (Phi) is 6.94. The minimum atomic E-state index is -0.427. The van der Waals surface area contributed by atoms with E-state index in [4.69, 9.17) is 9.47 Å². The van der Waals surface area contributed by atoms with Gasteiger partial charge in [-0.25, -0.2) is 4.79 Å². The van der Waals surface area contributed by atoms with Crippen LogP contribution in [0.15, 0.2) is 0 Å². The molecule has 0 spiro atoms. The largest absolute Gasteiger partial charge is 0.444 e. The van der Waals surface area contributed by atoms with Crippen LogP contribution in [0, 0.1) is 11.8 Å². The molecule has 0 aliphatic carbocycles. The number of likely N-dealkylation sites (tertiary alicyclic amines) is 1. The van der Waals surface area contributed by atoms with Gasteiger partial charge in [-0.3, -0.25) is 0 Å². The van der Waals surface area contributed by atoms with Crippen molar-refractivity contribution in [3.63, 3.8) is 0 Å². The van der Waals surface area contributed by atoms with Gasteiger partial charge in [-0.1, -0.05) is 6.92 Å². The van der Waals surface area contributed by atoms with Gasteiger partial charge < -0.3 is 19.7 Å². The molecule has 1 N–H and O–H groups in total. The van der Waals surface area contributed by atoms with Gasteiger partial charge in [0.25, 0.3) is 0 Å². The van der Waals surface area contributed by atoms with E-state index in [1.54, 1.807) is 7.11 Å². The first-order valence-corrected chi connectivity index (χ1v) is 7.92. The molecule has 0 aromatic carbocycles. The molecule has 5 heteroatoms. The van der Waals surface area contributed by atoms with Crippen molar-refractivity contribution in [2.24, 2.45) is 11.8 Å². The van der Waals surface area contributed by atoms with E-state index in [9.17, 15) is 4.79 Å². The van der Waals surface area contributed by atoms with Crippen molar-refractivity contribution in [2.45, 2.75) is 52.2 Å². The summed E-state index contributed by atoms with van der Waals surface area (Å²) >= 11 is 0. The molecule has 0 radical (unpaired) electrons. The lowest BCUT2D eigenvalue weighted by Gasteiger charge is -2.29. The fourth-order valence-corrected chi connectivity index (χ4v) is 3.04. The highest BCUT2D eigenvalue weighted by Gasteiger charge is 2.35. The molecule has 5 nitrogen and oxygen atoms in total. The van der Waals surface area contributed by atoms with Gasteiger partial charge in [0.15, 0.2) is 0 Å². The maximum absolute atomic E-state index is 12.1. The second-order valence-corrected chi connectivity index (χ2v) is 7.05. The van der Waals surface area contributed by atoms with Crippen LogP contribution in [0.1, 0.15) is 40.5 Å². The number of rotatable bonds is 6. The maximum Gasteiger partial charge on any atom is 0.410 e. The second kappa shape index (κ2) is 7.99. The minimum Gasteiger partial charge on any atom is -0.444 e. The molecule has 1 saturated heterocycles. The highest BCUT2D eigenvalue weighted by Crippen LogP contribution is 2.26. The summed E-state index contributed by atoms with van der Waals surface area (Å²) < 4.78 is 10.6. The van der Waals surface area contributed by atoms with Gasteiger partial charge in [0, 0.05) is 32.8 Å². The third kappa shape index (κ3) is 5.83. The first kappa shape index (κ1) is 18.2. The quantitative estimate of drug-likeness (QED) is 0.819. The molecule has 0 aromatic rings. The number of carbonyl (C=O) groups is 1. The second-order valence-electron chi connectivity index (χ2n) is 7.05. The molecule has 0 bridgehead atoms. The number of nitrogens with zero attached hydrogens (tertiary/aromatic N) is 1. The van der Waals surface area contributed by atoms with Crippen molar-refractivity contribution in [1.82, 2.24) is 10.2 Å². The minimum absolute atomic E-state index is 0.190. The number of nitrogens with one attached hydrogen (secondary N) is 1. The van der Waals surface area contributed by atoms with Crippen LogP contribution in [0.3, 0.4) is 0 Å². The summed E-state index contributed by atoms with van der Waals surface area (Å²) in [6, 6.07) is 0.410. The summed E-state index contributed by atoms with van der Waals surface area (Å²) in [7, 11) is 3.74. The average molecular weight is 300 g/mol. The Hall–Kier alpha value is -0.810. The van der Waals surface area contributed by atoms with Crippen molar-refractivity contribution in [1.29, 1.82) is 0 Å². The molecular formula is C16H32N2O3. The lowest BCUT2D eigenvalue weighted by Crippen LogP contribution is -2.42. The average Bonchev–Trinajstić information content (AvgIpc) is 2.85. The lowest BCUT2D eigenvalue weighted by atomic mass is 9.87. The molecule has 1 fully saturated rings. The fraction of sp³-hybridized carbons (Fsp3) is 0.938. The highest BCUT2D eigenvalue weighted by atomic mass is 16.6. The zero-order valence-electron chi connectivity index (χ0n) is 14.4. The van der Waals surface area contributed by atoms with Crippen LogP contribution in [0.2, 0.25) is 0 Å². The summed E-state index contributed by atoms with van der Waals surface area (Å²) in [6.45, 7) is 10.3. The van der Waals surface area contributed by atoms with Crippen molar-refractivity contribution < 1.29 is 14.3 Å². The number of methoxy groups -OCH3 is 1. The fourth-order valence-electron chi connectivity index (χ4n) is 3.04. The molecular weight excluding hydrogens is 268 g/mol. The third-order valence-corrected chi connectivity index (χ3v) is 4.11. The van der Waals surface area contributed by atoms with Gasteiger partial charge in [-0.05, 0) is 52.5 Å². The van der Waals surface area contributed by atoms with Crippen molar-refractivity contribution in [2.75, 3.05) is 33.9 Å². The molecule has 1 aliphatic heterocycles.